The minimum atomic E-state index is -0.382. The lowest BCUT2D eigenvalue weighted by Crippen LogP contribution is -2.25. The predicted octanol–water partition coefficient (Wildman–Crippen LogP) is 11.0. The molecule has 11 rings (SSSR count). The molecule has 1 spiro atoms. The molecule has 1 aliphatic heterocycles. The molecular weight excluding hydrogens is 607 g/mol. The quantitative estimate of drug-likeness (QED) is 0.185. The molecule has 1 unspecified atom stereocenters. The van der Waals surface area contributed by atoms with E-state index < -0.39 is 0 Å². The zero-order valence-electron chi connectivity index (χ0n) is 27.3. The number of aromatic nitrogens is 1. The van der Waals surface area contributed by atoms with E-state index in [4.69, 9.17) is 9.98 Å². The topological polar surface area (TPSA) is 29.6 Å². The third-order valence-corrected chi connectivity index (χ3v) is 11.2. The van der Waals surface area contributed by atoms with Gasteiger partial charge in [-0.2, -0.15) is 0 Å². The number of fused-ring (bicyclic) bond motifs is 13. The molecule has 1 atom stereocenters. The zero-order valence-corrected chi connectivity index (χ0v) is 27.3. The first kappa shape index (κ1) is 27.6. The summed E-state index contributed by atoms with van der Waals surface area (Å²) >= 11 is 0. The normalized spacial score (nSPS) is 16.5. The number of amidine groups is 1. The molecule has 2 heterocycles. The van der Waals surface area contributed by atoms with E-state index in [2.05, 4.69) is 168 Å². The molecule has 3 nitrogen and oxygen atoms in total. The molecule has 0 saturated heterocycles. The fourth-order valence-corrected chi connectivity index (χ4v) is 9.15. The summed E-state index contributed by atoms with van der Waals surface area (Å²) in [6.45, 7) is 0. The van der Waals surface area contributed by atoms with Gasteiger partial charge in [0.25, 0.3) is 0 Å². The van der Waals surface area contributed by atoms with Crippen LogP contribution in [0.5, 0.6) is 0 Å². The number of nitrogens with zero attached hydrogens (tertiary/aromatic N) is 3. The zero-order chi connectivity index (χ0) is 32.8. The van der Waals surface area contributed by atoms with E-state index in [9.17, 15) is 0 Å². The maximum absolute atomic E-state index is 5.43. The van der Waals surface area contributed by atoms with Gasteiger partial charge in [-0.1, -0.05) is 152 Å². The van der Waals surface area contributed by atoms with Crippen molar-refractivity contribution >= 4 is 33.4 Å². The first-order valence-electron chi connectivity index (χ1n) is 17.4. The van der Waals surface area contributed by atoms with E-state index in [1.54, 1.807) is 0 Å². The molecule has 0 N–H and O–H groups in total. The molecule has 0 fully saturated rings. The lowest BCUT2D eigenvalue weighted by atomic mass is 9.70. The Morgan fingerprint density at radius 3 is 1.66 bits per heavy atom. The molecule has 2 aliphatic carbocycles. The van der Waals surface area contributed by atoms with Crippen LogP contribution in [-0.4, -0.2) is 16.1 Å². The number of aliphatic imine (C=N–C) groups is 2. The Morgan fingerprint density at radius 1 is 0.460 bits per heavy atom. The molecule has 3 heteroatoms. The van der Waals surface area contributed by atoms with Crippen LogP contribution in [-0.2, 0) is 5.41 Å². The Hall–Kier alpha value is -6.32. The van der Waals surface area contributed by atoms with Crippen molar-refractivity contribution in [3.8, 4) is 22.3 Å². The van der Waals surface area contributed by atoms with Crippen LogP contribution in [0.1, 0.15) is 46.0 Å². The van der Waals surface area contributed by atoms with Crippen LogP contribution in [0.15, 0.2) is 180 Å². The van der Waals surface area contributed by atoms with Gasteiger partial charge in [0.15, 0.2) is 5.84 Å². The number of benzene rings is 7. The Bertz CT molecular complexity index is 2690. The number of hydrogen-bond acceptors (Lipinski definition) is 2. The van der Waals surface area contributed by atoms with Gasteiger partial charge in [-0.15, -0.1) is 0 Å². The van der Waals surface area contributed by atoms with Gasteiger partial charge >= 0.3 is 0 Å². The highest BCUT2D eigenvalue weighted by Gasteiger charge is 2.51. The van der Waals surface area contributed by atoms with Gasteiger partial charge in [-0.3, -0.25) is 0 Å². The van der Waals surface area contributed by atoms with Crippen molar-refractivity contribution in [3.63, 3.8) is 0 Å². The van der Waals surface area contributed by atoms with Crippen LogP contribution in [0.4, 0.5) is 0 Å². The molecule has 0 bridgehead atoms. The van der Waals surface area contributed by atoms with Gasteiger partial charge < -0.3 is 4.57 Å². The first-order valence-corrected chi connectivity index (χ1v) is 17.4. The maximum Gasteiger partial charge on any atom is 0.156 e. The average molecular weight is 638 g/mol. The lowest BCUT2D eigenvalue weighted by Gasteiger charge is -2.30. The predicted molar refractivity (Wildman–Crippen MR) is 205 cm³/mol. The summed E-state index contributed by atoms with van der Waals surface area (Å²) < 4.78 is 2.48. The monoisotopic (exact) mass is 637 g/mol. The van der Waals surface area contributed by atoms with Crippen molar-refractivity contribution in [2.75, 3.05) is 0 Å². The largest absolute Gasteiger partial charge is 0.317 e. The van der Waals surface area contributed by atoms with E-state index in [0.717, 1.165) is 22.7 Å². The Morgan fingerprint density at radius 2 is 1.00 bits per heavy atom. The summed E-state index contributed by atoms with van der Waals surface area (Å²) in [6, 6.07) is 61.9. The van der Waals surface area contributed by atoms with Crippen LogP contribution in [0.25, 0.3) is 44.1 Å². The van der Waals surface area contributed by atoms with Crippen LogP contribution >= 0.6 is 0 Å². The Labute approximate surface area is 290 Å². The Balaban J connectivity index is 1.21. The van der Waals surface area contributed by atoms with Gasteiger partial charge in [0, 0.05) is 22.8 Å². The summed E-state index contributed by atoms with van der Waals surface area (Å²) in [4.78, 5) is 10.6. The summed E-state index contributed by atoms with van der Waals surface area (Å²) in [7, 11) is 0. The fraction of sp³-hybridized carbons (Fsp3) is 0.0638. The van der Waals surface area contributed by atoms with Crippen LogP contribution < -0.4 is 0 Å². The second-order valence-corrected chi connectivity index (χ2v) is 13.6. The van der Waals surface area contributed by atoms with Crippen molar-refractivity contribution < 1.29 is 0 Å². The van der Waals surface area contributed by atoms with Gasteiger partial charge in [0.2, 0.25) is 0 Å². The molecule has 8 aromatic rings. The van der Waals surface area contributed by atoms with E-state index in [-0.39, 0.29) is 11.6 Å². The summed E-state index contributed by atoms with van der Waals surface area (Å²) in [5.74, 6) is 0.774. The SMILES string of the molecule is c1ccc(C2=NC(c3ccccc3)=NC(n3c4ccccc4c4cc5c(cc43)-c3ccccc3C53c4ccccc4-c4ccccc43)C2)cc1. The van der Waals surface area contributed by atoms with Gasteiger partial charge in [-0.25, -0.2) is 9.98 Å². The van der Waals surface area contributed by atoms with Gasteiger partial charge in [0.1, 0.15) is 6.17 Å². The second kappa shape index (κ2) is 10.3. The fourth-order valence-electron chi connectivity index (χ4n) is 9.15. The van der Waals surface area contributed by atoms with Gasteiger partial charge in [-0.05, 0) is 68.3 Å². The van der Waals surface area contributed by atoms with Crippen molar-refractivity contribution in [3.05, 3.63) is 203 Å². The highest BCUT2D eigenvalue weighted by Crippen LogP contribution is 2.63. The van der Waals surface area contributed by atoms with Crippen molar-refractivity contribution in [2.45, 2.75) is 18.0 Å². The molecule has 234 valence electrons. The number of rotatable bonds is 3. The standard InChI is InChI=1S/C47H31N3/c1-3-15-30(16-4-1)42-29-45(49-46(48-42)31-17-5-2-6-18-31)50-43-26-14-10-22-35(43)37-27-41-36(28-44(37)50)34-21-9-13-25-40(34)47(41)38-23-11-7-19-32(38)33-20-8-12-24-39(33)47/h1-28,45H,29H2. The summed E-state index contributed by atoms with van der Waals surface area (Å²) in [5, 5.41) is 2.50. The first-order chi connectivity index (χ1) is 24.8. The molecule has 1 aromatic heterocycles. The molecule has 7 aromatic carbocycles. The highest BCUT2D eigenvalue weighted by molar-refractivity contribution is 6.15. The van der Waals surface area contributed by atoms with Crippen LogP contribution in [0, 0.1) is 0 Å². The van der Waals surface area contributed by atoms with E-state index >= 15 is 0 Å². The van der Waals surface area contributed by atoms with Crippen LogP contribution in [0.2, 0.25) is 0 Å². The summed E-state index contributed by atoms with van der Waals surface area (Å²) in [6.07, 6.45) is 0.531. The molecular formula is C47H31N3. The Kier molecular flexibility index (Phi) is 5.71. The molecule has 50 heavy (non-hydrogen) atoms. The van der Waals surface area contributed by atoms with Crippen LogP contribution in [0.3, 0.4) is 0 Å². The second-order valence-electron chi connectivity index (χ2n) is 13.6. The molecule has 3 aliphatic rings. The van der Waals surface area contributed by atoms with Gasteiger partial charge in [0.05, 0.1) is 22.2 Å². The van der Waals surface area contributed by atoms with Crippen molar-refractivity contribution in [1.29, 1.82) is 0 Å². The van der Waals surface area contributed by atoms with Crippen molar-refractivity contribution in [1.82, 2.24) is 4.57 Å². The smallest absolute Gasteiger partial charge is 0.156 e. The van der Waals surface area contributed by atoms with E-state index in [1.807, 2.05) is 6.07 Å². The minimum absolute atomic E-state index is 0.170. The molecule has 0 saturated carbocycles. The molecule has 0 amide bonds. The molecule has 0 radical (unpaired) electrons. The van der Waals surface area contributed by atoms with E-state index in [0.29, 0.717) is 6.42 Å². The number of para-hydroxylation sites is 1. The third-order valence-electron chi connectivity index (χ3n) is 11.2. The minimum Gasteiger partial charge on any atom is -0.317 e. The maximum atomic E-state index is 5.43. The lowest BCUT2D eigenvalue weighted by molar-refractivity contribution is 0.572. The highest BCUT2D eigenvalue weighted by atomic mass is 15.2. The third kappa shape index (κ3) is 3.64. The van der Waals surface area contributed by atoms with E-state index in [1.165, 1.54) is 66.3 Å². The van der Waals surface area contributed by atoms with Crippen molar-refractivity contribution in [2.24, 2.45) is 9.98 Å². The summed E-state index contributed by atoms with van der Waals surface area (Å²) in [5.41, 5.74) is 15.9. The number of hydrogen-bond donors (Lipinski definition) is 0. The average Bonchev–Trinajstić information content (AvgIpc) is 3.79.